The average molecular weight is 632 g/mol. The zero-order valence-electron chi connectivity index (χ0n) is 30.7. The van der Waals surface area contributed by atoms with Crippen LogP contribution >= 0.6 is 0 Å². The van der Waals surface area contributed by atoms with Crippen molar-refractivity contribution in [1.82, 2.24) is 10.2 Å². The zero-order chi connectivity index (χ0) is 33.3. The number of hydrogen-bond donors (Lipinski definition) is 1. The van der Waals surface area contributed by atoms with Crippen molar-refractivity contribution in [3.63, 3.8) is 0 Å². The largest absolute Gasteiger partial charge is 0.444 e. The zero-order valence-corrected chi connectivity index (χ0v) is 31.7. The number of hydrogen-bond acceptors (Lipinski definition) is 4. The summed E-state index contributed by atoms with van der Waals surface area (Å²) < 4.78 is 12.6. The highest BCUT2D eigenvalue weighted by Crippen LogP contribution is 2.65. The fourth-order valence-electron chi connectivity index (χ4n) is 9.28. The summed E-state index contributed by atoms with van der Waals surface area (Å²) >= 11 is 0. The third-order valence-electron chi connectivity index (χ3n) is 11.3. The molecule has 1 N–H and O–H groups in total. The maximum atomic E-state index is 12.7. The van der Waals surface area contributed by atoms with Crippen molar-refractivity contribution in [1.29, 1.82) is 0 Å². The quantitative estimate of drug-likeness (QED) is 0.193. The summed E-state index contributed by atoms with van der Waals surface area (Å²) in [5.74, 6) is 2.15. The van der Waals surface area contributed by atoms with Crippen LogP contribution in [0.2, 0.25) is 10.6 Å². The normalized spacial score (nSPS) is 28.9. The Morgan fingerprint density at radius 2 is 1.70 bits per heavy atom. The first-order valence-corrected chi connectivity index (χ1v) is 19.1. The standard InChI is InChI=1S/C37H67N2O4Si/c1-25(2)44(35(7,8)9)43-31-21-22-37(12)29-19-17-26(3)27(28(29)18-20-30(37)36(31,10)11)15-14-16-32(40)38-23-24-39(13)33(41)42-34(4,5)6/h25,28-31H,14-24H2,1-13H3,(H,38,40)/t28?,29?,30?,31-,37+/m0/s1. The van der Waals surface area contributed by atoms with Gasteiger partial charge in [-0.1, -0.05) is 66.5 Å². The van der Waals surface area contributed by atoms with E-state index < -0.39 is 14.6 Å². The molecule has 0 aromatic carbocycles. The van der Waals surface area contributed by atoms with E-state index in [1.807, 2.05) is 20.8 Å². The Labute approximate surface area is 272 Å². The van der Waals surface area contributed by atoms with Crippen LogP contribution in [0.3, 0.4) is 0 Å². The van der Waals surface area contributed by atoms with Crippen molar-refractivity contribution < 1.29 is 18.8 Å². The lowest BCUT2D eigenvalue weighted by Crippen LogP contribution is -2.58. The second-order valence-corrected chi connectivity index (χ2v) is 21.2. The number of ether oxygens (including phenoxy) is 1. The summed E-state index contributed by atoms with van der Waals surface area (Å²) in [6.07, 6.45) is 9.97. The van der Waals surface area contributed by atoms with E-state index in [0.717, 1.165) is 18.8 Å². The molecule has 0 aromatic heterocycles. The summed E-state index contributed by atoms with van der Waals surface area (Å²) in [7, 11) is 0.766. The topological polar surface area (TPSA) is 67.9 Å². The molecule has 3 aliphatic rings. The Morgan fingerprint density at radius 1 is 1.05 bits per heavy atom. The van der Waals surface area contributed by atoms with Crippen LogP contribution < -0.4 is 5.32 Å². The Bertz CT molecular complexity index is 1040. The first-order valence-electron chi connectivity index (χ1n) is 17.6. The summed E-state index contributed by atoms with van der Waals surface area (Å²) in [4.78, 5) is 26.4. The monoisotopic (exact) mass is 631 g/mol. The van der Waals surface area contributed by atoms with Gasteiger partial charge in [0.2, 0.25) is 14.9 Å². The molecule has 2 saturated carbocycles. The van der Waals surface area contributed by atoms with Crippen LogP contribution in [-0.2, 0) is 14.0 Å². The molecule has 5 atom stereocenters. The molecule has 0 aliphatic heterocycles. The molecule has 44 heavy (non-hydrogen) atoms. The summed E-state index contributed by atoms with van der Waals surface area (Å²) in [5, 5.41) is 3.25. The van der Waals surface area contributed by atoms with Crippen LogP contribution in [0.15, 0.2) is 11.1 Å². The molecule has 0 spiro atoms. The third-order valence-corrected chi connectivity index (χ3v) is 14.3. The fraction of sp³-hybridized carbons (Fsp3) is 0.892. The fourth-order valence-corrected chi connectivity index (χ4v) is 12.4. The van der Waals surface area contributed by atoms with Crippen LogP contribution in [0.4, 0.5) is 4.79 Å². The second kappa shape index (κ2) is 14.2. The van der Waals surface area contributed by atoms with Gasteiger partial charge in [0.15, 0.2) is 0 Å². The number of allylic oxidation sites excluding steroid dienone is 2. The minimum Gasteiger partial charge on any atom is -0.444 e. The first-order chi connectivity index (χ1) is 20.2. The Balaban J connectivity index is 1.57. The number of nitrogens with zero attached hydrogens (tertiary/aromatic N) is 1. The van der Waals surface area contributed by atoms with Crippen LogP contribution in [-0.4, -0.2) is 57.8 Å². The molecule has 0 aromatic rings. The maximum Gasteiger partial charge on any atom is 0.410 e. The Hall–Kier alpha value is -1.34. The highest BCUT2D eigenvalue weighted by Gasteiger charge is 2.59. The molecule has 1 radical (unpaired) electrons. The molecule has 2 amide bonds. The number of rotatable bonds is 10. The average Bonchev–Trinajstić information content (AvgIpc) is 2.87. The molecular formula is C37H67N2O4Si. The lowest BCUT2D eigenvalue weighted by molar-refractivity contribution is -0.144. The molecule has 0 bridgehead atoms. The predicted molar refractivity (Wildman–Crippen MR) is 184 cm³/mol. The SMILES string of the molecule is CC1=C(CCCC(=O)NCCN(C)C(=O)OC(C)(C)C)C2CCC3C(C)(C)[C@@H](O[Si](C(C)C)C(C)(C)C)CC[C@]3(C)C2CC1. The minimum absolute atomic E-state index is 0.0708. The van der Waals surface area contributed by atoms with Crippen molar-refractivity contribution >= 4 is 21.0 Å². The van der Waals surface area contributed by atoms with E-state index in [0.29, 0.717) is 48.4 Å². The van der Waals surface area contributed by atoms with Gasteiger partial charge in [-0.25, -0.2) is 4.79 Å². The highest BCUT2D eigenvalue weighted by atomic mass is 28.3. The molecule has 7 heteroatoms. The number of carbonyl (C=O) groups is 2. The van der Waals surface area contributed by atoms with Crippen molar-refractivity contribution in [3.8, 4) is 0 Å². The number of carbonyl (C=O) groups excluding carboxylic acids is 2. The summed E-state index contributed by atoms with van der Waals surface area (Å²) in [6, 6.07) is 0. The molecule has 253 valence electrons. The van der Waals surface area contributed by atoms with Gasteiger partial charge in [-0.15, -0.1) is 0 Å². The molecule has 6 nitrogen and oxygen atoms in total. The van der Waals surface area contributed by atoms with Crippen LogP contribution in [0.5, 0.6) is 0 Å². The van der Waals surface area contributed by atoms with E-state index in [4.69, 9.17) is 9.16 Å². The van der Waals surface area contributed by atoms with Gasteiger partial charge in [0, 0.05) is 26.6 Å². The van der Waals surface area contributed by atoms with Crippen molar-refractivity contribution in [2.45, 2.75) is 163 Å². The van der Waals surface area contributed by atoms with Gasteiger partial charge in [0.1, 0.15) is 5.60 Å². The lowest BCUT2D eigenvalue weighted by atomic mass is 9.43. The van der Waals surface area contributed by atoms with Gasteiger partial charge in [-0.2, -0.15) is 0 Å². The number of fused-ring (bicyclic) bond motifs is 3. The number of nitrogens with one attached hydrogen (secondary N) is 1. The second-order valence-electron chi connectivity index (χ2n) is 17.5. The molecule has 2 fully saturated rings. The Morgan fingerprint density at radius 3 is 2.30 bits per heavy atom. The van der Waals surface area contributed by atoms with Crippen molar-refractivity contribution in [2.75, 3.05) is 20.1 Å². The molecule has 3 aliphatic carbocycles. The number of likely N-dealkylation sites (N-methyl/N-ethyl adjacent to an activating group) is 1. The highest BCUT2D eigenvalue weighted by molar-refractivity contribution is 6.56. The minimum atomic E-state index is -0.943. The molecule has 3 unspecified atom stereocenters. The van der Waals surface area contributed by atoms with E-state index in [1.165, 1.54) is 43.4 Å². The van der Waals surface area contributed by atoms with Gasteiger partial charge in [-0.05, 0) is 118 Å². The van der Waals surface area contributed by atoms with Gasteiger partial charge in [-0.3, -0.25) is 4.79 Å². The van der Waals surface area contributed by atoms with Gasteiger partial charge < -0.3 is 19.4 Å². The van der Waals surface area contributed by atoms with E-state index in [-0.39, 0.29) is 22.5 Å². The van der Waals surface area contributed by atoms with Crippen LogP contribution in [0.25, 0.3) is 0 Å². The van der Waals surface area contributed by atoms with Crippen LogP contribution in [0.1, 0.15) is 141 Å². The number of amides is 2. The van der Waals surface area contributed by atoms with E-state index >= 15 is 0 Å². The van der Waals surface area contributed by atoms with E-state index in [9.17, 15) is 9.59 Å². The van der Waals surface area contributed by atoms with Crippen molar-refractivity contribution in [2.24, 2.45) is 28.6 Å². The molecule has 3 rings (SSSR count). The van der Waals surface area contributed by atoms with Crippen LogP contribution in [0, 0.1) is 28.6 Å². The smallest absolute Gasteiger partial charge is 0.410 e. The van der Waals surface area contributed by atoms with Gasteiger partial charge in [0.05, 0.1) is 6.10 Å². The molecule has 0 heterocycles. The maximum absolute atomic E-state index is 12.7. The third kappa shape index (κ3) is 8.71. The Kier molecular flexibility index (Phi) is 12.0. The predicted octanol–water partition coefficient (Wildman–Crippen LogP) is 9.31. The summed E-state index contributed by atoms with van der Waals surface area (Å²) in [6.45, 7) is 28.3. The van der Waals surface area contributed by atoms with Gasteiger partial charge >= 0.3 is 6.09 Å². The first kappa shape index (κ1) is 37.1. The molecule has 0 saturated heterocycles. The van der Waals surface area contributed by atoms with E-state index in [1.54, 1.807) is 18.2 Å². The van der Waals surface area contributed by atoms with E-state index in [2.05, 4.69) is 67.6 Å². The molecular weight excluding hydrogens is 565 g/mol. The van der Waals surface area contributed by atoms with Crippen molar-refractivity contribution in [3.05, 3.63) is 11.1 Å². The lowest BCUT2D eigenvalue weighted by Gasteiger charge is -2.63. The summed E-state index contributed by atoms with van der Waals surface area (Å²) in [5.41, 5.74) is 3.85. The van der Waals surface area contributed by atoms with Gasteiger partial charge in [0.25, 0.3) is 0 Å².